The average molecular weight is 427 g/mol. The maximum absolute atomic E-state index is 13.2. The summed E-state index contributed by atoms with van der Waals surface area (Å²) in [5.74, 6) is 0.820. The number of hydrogen-bond acceptors (Lipinski definition) is 5. The fraction of sp³-hybridized carbons (Fsp3) is 0.278. The van der Waals surface area contributed by atoms with Crippen molar-refractivity contribution in [1.82, 2.24) is 14.3 Å². The highest BCUT2D eigenvalue weighted by Gasteiger charge is 2.24. The van der Waals surface area contributed by atoms with Crippen molar-refractivity contribution in [2.24, 2.45) is 0 Å². The number of nitrogens with zero attached hydrogens (tertiary/aromatic N) is 3. The Morgan fingerprint density at radius 3 is 2.63 bits per heavy atom. The van der Waals surface area contributed by atoms with Crippen molar-refractivity contribution in [1.29, 1.82) is 0 Å². The van der Waals surface area contributed by atoms with Crippen LogP contribution >= 0.6 is 24.0 Å². The van der Waals surface area contributed by atoms with Crippen LogP contribution in [0, 0.1) is 6.92 Å². The number of nitrogens with one attached hydrogen (secondary N) is 1. The van der Waals surface area contributed by atoms with Crippen molar-refractivity contribution < 1.29 is 8.42 Å². The zero-order valence-electron chi connectivity index (χ0n) is 14.7. The number of piperazine rings is 1. The van der Waals surface area contributed by atoms with Crippen molar-refractivity contribution in [3.63, 3.8) is 0 Å². The van der Waals surface area contributed by atoms with Crippen LogP contribution in [0.5, 0.6) is 0 Å². The Morgan fingerprint density at radius 1 is 1.15 bits per heavy atom. The molecule has 0 bridgehead atoms. The standard InChI is InChI=1S/C18H19ClN4O2S.ClH/c1-13-15(19)3-2-4-17(13)26(24,25)23-10-6-14-16(23)5-7-21-18(14)22-11-8-20-9-12-22;/h2-7,10,20H,8-9,11-12H2,1H3;1H. The van der Waals surface area contributed by atoms with E-state index in [2.05, 4.69) is 15.2 Å². The molecule has 1 aliphatic heterocycles. The molecule has 1 N–H and O–H groups in total. The molecule has 4 rings (SSSR count). The molecule has 2 aromatic heterocycles. The summed E-state index contributed by atoms with van der Waals surface area (Å²) in [4.78, 5) is 6.89. The van der Waals surface area contributed by atoms with Gasteiger partial charge in [-0.15, -0.1) is 12.4 Å². The van der Waals surface area contributed by atoms with Crippen LogP contribution in [0.1, 0.15) is 5.56 Å². The number of anilines is 1. The lowest BCUT2D eigenvalue weighted by atomic mass is 10.2. The lowest BCUT2D eigenvalue weighted by Gasteiger charge is -2.28. The third-order valence-electron chi connectivity index (χ3n) is 4.73. The van der Waals surface area contributed by atoms with E-state index in [0.717, 1.165) is 37.4 Å². The van der Waals surface area contributed by atoms with Crippen LogP contribution < -0.4 is 10.2 Å². The Labute approximate surface area is 169 Å². The van der Waals surface area contributed by atoms with Crippen molar-refractivity contribution in [3.8, 4) is 0 Å². The molecule has 6 nitrogen and oxygen atoms in total. The van der Waals surface area contributed by atoms with Gasteiger partial charge in [-0.05, 0) is 36.8 Å². The van der Waals surface area contributed by atoms with Crippen LogP contribution in [0.2, 0.25) is 5.02 Å². The summed E-state index contributed by atoms with van der Waals surface area (Å²) < 4.78 is 27.8. The van der Waals surface area contributed by atoms with Crippen LogP contribution in [0.4, 0.5) is 5.82 Å². The maximum Gasteiger partial charge on any atom is 0.268 e. The molecule has 9 heteroatoms. The number of fused-ring (bicyclic) bond motifs is 1. The van der Waals surface area contributed by atoms with Crippen LogP contribution in [0.3, 0.4) is 0 Å². The lowest BCUT2D eigenvalue weighted by molar-refractivity contribution is 0.586. The van der Waals surface area contributed by atoms with E-state index in [9.17, 15) is 8.42 Å². The Bertz CT molecular complexity index is 1080. The minimum atomic E-state index is -3.75. The predicted octanol–water partition coefficient (Wildman–Crippen LogP) is 3.07. The van der Waals surface area contributed by atoms with Gasteiger partial charge >= 0.3 is 0 Å². The molecule has 144 valence electrons. The zero-order chi connectivity index (χ0) is 18.3. The second-order valence-electron chi connectivity index (χ2n) is 6.28. The lowest BCUT2D eigenvalue weighted by Crippen LogP contribution is -2.43. The maximum atomic E-state index is 13.2. The minimum Gasteiger partial charge on any atom is -0.354 e. The van der Waals surface area contributed by atoms with E-state index in [1.165, 1.54) is 3.97 Å². The molecule has 0 spiro atoms. The van der Waals surface area contributed by atoms with Crippen LogP contribution in [-0.4, -0.2) is 43.6 Å². The molecule has 27 heavy (non-hydrogen) atoms. The Kier molecular flexibility index (Phi) is 5.67. The monoisotopic (exact) mass is 426 g/mol. The van der Waals surface area contributed by atoms with E-state index in [0.29, 0.717) is 16.1 Å². The van der Waals surface area contributed by atoms with E-state index in [1.807, 2.05) is 6.07 Å². The van der Waals surface area contributed by atoms with E-state index in [1.54, 1.807) is 43.6 Å². The van der Waals surface area contributed by atoms with Gasteiger partial charge in [-0.25, -0.2) is 17.4 Å². The summed E-state index contributed by atoms with van der Waals surface area (Å²) in [6.45, 7) is 5.18. The quantitative estimate of drug-likeness (QED) is 0.696. The Morgan fingerprint density at radius 2 is 1.89 bits per heavy atom. The van der Waals surface area contributed by atoms with Gasteiger partial charge in [0.25, 0.3) is 10.0 Å². The first-order chi connectivity index (χ1) is 12.5. The predicted molar refractivity (Wildman–Crippen MR) is 111 cm³/mol. The topological polar surface area (TPSA) is 67.2 Å². The molecule has 1 aliphatic rings. The zero-order valence-corrected chi connectivity index (χ0v) is 17.1. The normalized spacial score (nSPS) is 15.0. The van der Waals surface area contributed by atoms with Gasteiger partial charge in [0.1, 0.15) is 5.82 Å². The molecule has 1 saturated heterocycles. The second-order valence-corrected chi connectivity index (χ2v) is 8.47. The van der Waals surface area contributed by atoms with Gasteiger partial charge in [0.2, 0.25) is 0 Å². The van der Waals surface area contributed by atoms with Gasteiger partial charge in [0, 0.05) is 49.0 Å². The molecule has 0 unspecified atom stereocenters. The number of rotatable bonds is 3. The molecule has 0 aliphatic carbocycles. The van der Waals surface area contributed by atoms with E-state index < -0.39 is 10.0 Å². The molecule has 3 heterocycles. The minimum absolute atomic E-state index is 0. The second kappa shape index (κ2) is 7.67. The highest BCUT2D eigenvalue weighted by molar-refractivity contribution is 7.90. The van der Waals surface area contributed by atoms with Gasteiger partial charge in [0.05, 0.1) is 10.4 Å². The van der Waals surface area contributed by atoms with E-state index in [-0.39, 0.29) is 17.3 Å². The van der Waals surface area contributed by atoms with Gasteiger partial charge in [-0.3, -0.25) is 0 Å². The van der Waals surface area contributed by atoms with E-state index in [4.69, 9.17) is 11.6 Å². The number of halogens is 2. The first-order valence-electron chi connectivity index (χ1n) is 8.42. The number of pyridine rings is 1. The average Bonchev–Trinajstić information content (AvgIpc) is 3.09. The van der Waals surface area contributed by atoms with E-state index >= 15 is 0 Å². The highest BCUT2D eigenvalue weighted by atomic mass is 35.5. The smallest absolute Gasteiger partial charge is 0.268 e. The Balaban J connectivity index is 0.00000210. The van der Waals surface area contributed by atoms with Crippen molar-refractivity contribution >= 4 is 50.8 Å². The van der Waals surface area contributed by atoms with Crippen LogP contribution in [0.25, 0.3) is 10.9 Å². The number of hydrogen-bond donors (Lipinski definition) is 1. The first-order valence-corrected chi connectivity index (χ1v) is 10.2. The third-order valence-corrected chi connectivity index (χ3v) is 6.98. The number of benzene rings is 1. The largest absolute Gasteiger partial charge is 0.354 e. The summed E-state index contributed by atoms with van der Waals surface area (Å²) in [5, 5.41) is 4.58. The van der Waals surface area contributed by atoms with Crippen molar-refractivity contribution in [2.45, 2.75) is 11.8 Å². The summed E-state index contributed by atoms with van der Waals surface area (Å²) >= 11 is 6.13. The van der Waals surface area contributed by atoms with Gasteiger partial charge in [-0.1, -0.05) is 17.7 Å². The molecule has 0 saturated carbocycles. The summed E-state index contributed by atoms with van der Waals surface area (Å²) in [5.41, 5.74) is 1.17. The van der Waals surface area contributed by atoms with Crippen LogP contribution in [-0.2, 0) is 10.0 Å². The van der Waals surface area contributed by atoms with Crippen molar-refractivity contribution in [3.05, 3.63) is 53.3 Å². The SMILES string of the molecule is Cc1c(Cl)cccc1S(=O)(=O)n1ccc2c(N3CCNCC3)nccc21.Cl. The highest BCUT2D eigenvalue weighted by Crippen LogP contribution is 2.30. The molecule has 1 aromatic carbocycles. The molecule has 3 aromatic rings. The first kappa shape index (κ1) is 19.9. The molecular formula is C18H20Cl2N4O2S. The fourth-order valence-electron chi connectivity index (χ4n) is 3.34. The molecule has 0 atom stereocenters. The van der Waals surface area contributed by atoms with Crippen LogP contribution in [0.15, 0.2) is 47.6 Å². The van der Waals surface area contributed by atoms with Crippen molar-refractivity contribution in [2.75, 3.05) is 31.1 Å². The van der Waals surface area contributed by atoms with Gasteiger partial charge in [-0.2, -0.15) is 0 Å². The molecular weight excluding hydrogens is 407 g/mol. The third kappa shape index (κ3) is 3.40. The molecule has 1 fully saturated rings. The van der Waals surface area contributed by atoms with Gasteiger partial charge < -0.3 is 10.2 Å². The molecule has 0 radical (unpaired) electrons. The summed E-state index contributed by atoms with van der Waals surface area (Å²) in [6.07, 6.45) is 3.25. The summed E-state index contributed by atoms with van der Waals surface area (Å²) in [6, 6.07) is 8.48. The van der Waals surface area contributed by atoms with Gasteiger partial charge in [0.15, 0.2) is 0 Å². The summed E-state index contributed by atoms with van der Waals surface area (Å²) in [7, 11) is -3.75. The molecule has 0 amide bonds. The number of aromatic nitrogens is 2. The Hall–Kier alpha value is -1.80. The fourth-order valence-corrected chi connectivity index (χ4v) is 5.17.